The lowest BCUT2D eigenvalue weighted by molar-refractivity contribution is 0.0950. The molecule has 2 heterocycles. The third-order valence-corrected chi connectivity index (χ3v) is 5.81. The van der Waals surface area contributed by atoms with Gasteiger partial charge < -0.3 is 20.9 Å². The number of anilines is 3. The van der Waals surface area contributed by atoms with Crippen LogP contribution in [0.3, 0.4) is 0 Å². The first-order valence-electron chi connectivity index (χ1n) is 11.3. The van der Waals surface area contributed by atoms with E-state index >= 15 is 0 Å². The van der Waals surface area contributed by atoms with Gasteiger partial charge in [-0.1, -0.05) is 12.1 Å². The molecular weight excluding hydrogens is 414 g/mol. The highest BCUT2D eigenvalue weighted by Crippen LogP contribution is 2.34. The Morgan fingerprint density at radius 3 is 2.21 bits per heavy atom. The molecule has 1 aromatic heterocycles. The van der Waals surface area contributed by atoms with E-state index in [-0.39, 0.29) is 5.91 Å². The summed E-state index contributed by atoms with van der Waals surface area (Å²) in [6, 6.07) is 18.3. The molecule has 33 heavy (non-hydrogen) atoms. The molecule has 1 saturated heterocycles. The number of nitrogens with zero attached hydrogens (tertiary/aromatic N) is 3. The highest BCUT2D eigenvalue weighted by Gasteiger charge is 2.16. The van der Waals surface area contributed by atoms with Crippen molar-refractivity contribution in [2.75, 3.05) is 31.1 Å². The van der Waals surface area contributed by atoms with Crippen molar-refractivity contribution in [1.29, 1.82) is 0 Å². The van der Waals surface area contributed by atoms with E-state index in [1.54, 1.807) is 30.6 Å². The van der Waals surface area contributed by atoms with E-state index < -0.39 is 5.91 Å². The number of likely N-dealkylation sites (tertiary alicyclic amines) is 1. The molecule has 7 heteroatoms. The molecule has 3 aromatic rings. The van der Waals surface area contributed by atoms with E-state index in [1.807, 2.05) is 47.4 Å². The van der Waals surface area contributed by atoms with Crippen molar-refractivity contribution in [3.05, 3.63) is 84.2 Å². The largest absolute Gasteiger partial charge is 0.366 e. The van der Waals surface area contributed by atoms with Crippen LogP contribution in [0.15, 0.2) is 73.1 Å². The monoisotopic (exact) mass is 443 g/mol. The van der Waals surface area contributed by atoms with E-state index in [2.05, 4.69) is 15.2 Å². The van der Waals surface area contributed by atoms with Crippen molar-refractivity contribution in [3.8, 4) is 0 Å². The van der Waals surface area contributed by atoms with Gasteiger partial charge in [0.15, 0.2) is 0 Å². The minimum Gasteiger partial charge on any atom is -0.366 e. The van der Waals surface area contributed by atoms with Crippen LogP contribution in [-0.2, 0) is 0 Å². The van der Waals surface area contributed by atoms with E-state index in [4.69, 9.17) is 5.73 Å². The maximum Gasteiger partial charge on any atom is 0.251 e. The molecule has 0 atom stereocenters. The first kappa shape index (κ1) is 22.5. The van der Waals surface area contributed by atoms with Gasteiger partial charge in [-0.15, -0.1) is 0 Å². The molecule has 2 amide bonds. The van der Waals surface area contributed by atoms with Crippen LogP contribution in [0, 0.1) is 0 Å². The van der Waals surface area contributed by atoms with E-state index in [1.165, 1.54) is 12.8 Å². The van der Waals surface area contributed by atoms with Gasteiger partial charge in [0.05, 0.1) is 0 Å². The summed E-state index contributed by atoms with van der Waals surface area (Å²) in [7, 11) is 0. The smallest absolute Gasteiger partial charge is 0.251 e. The highest BCUT2D eigenvalue weighted by atomic mass is 16.2. The van der Waals surface area contributed by atoms with Crippen LogP contribution >= 0.6 is 0 Å². The van der Waals surface area contributed by atoms with Crippen LogP contribution in [0.5, 0.6) is 0 Å². The summed E-state index contributed by atoms with van der Waals surface area (Å²) < 4.78 is 0. The number of nitrogens with one attached hydrogen (secondary N) is 1. The van der Waals surface area contributed by atoms with Gasteiger partial charge in [0.1, 0.15) is 0 Å². The number of amides is 2. The van der Waals surface area contributed by atoms with Crippen LogP contribution in [0.2, 0.25) is 0 Å². The number of carbonyl (C=O) groups is 2. The van der Waals surface area contributed by atoms with Crippen molar-refractivity contribution in [2.24, 2.45) is 5.73 Å². The minimum atomic E-state index is -0.492. The third-order valence-electron chi connectivity index (χ3n) is 5.81. The quantitative estimate of drug-likeness (QED) is 0.490. The van der Waals surface area contributed by atoms with Gasteiger partial charge in [0, 0.05) is 47.1 Å². The van der Waals surface area contributed by atoms with Crippen molar-refractivity contribution in [2.45, 2.75) is 19.3 Å². The van der Waals surface area contributed by atoms with Crippen molar-refractivity contribution in [3.63, 3.8) is 0 Å². The molecule has 170 valence electrons. The van der Waals surface area contributed by atoms with E-state index in [0.29, 0.717) is 17.7 Å². The Morgan fingerprint density at radius 2 is 1.55 bits per heavy atom. The summed E-state index contributed by atoms with van der Waals surface area (Å²) in [4.78, 5) is 33.1. The van der Waals surface area contributed by atoms with Crippen LogP contribution in [0.4, 0.5) is 17.1 Å². The Balaban J connectivity index is 1.54. The number of primary amides is 1. The predicted octanol–water partition coefficient (Wildman–Crippen LogP) is 3.87. The predicted molar refractivity (Wildman–Crippen MR) is 130 cm³/mol. The lowest BCUT2D eigenvalue weighted by Crippen LogP contribution is -2.28. The number of hydrogen-bond acceptors (Lipinski definition) is 5. The second-order valence-corrected chi connectivity index (χ2v) is 8.16. The number of aromatic nitrogens is 1. The summed E-state index contributed by atoms with van der Waals surface area (Å²) in [5.74, 6) is -0.590. The van der Waals surface area contributed by atoms with Gasteiger partial charge >= 0.3 is 0 Å². The molecule has 0 spiro atoms. The number of hydrogen-bond donors (Lipinski definition) is 2. The Bertz CT molecular complexity index is 1100. The Hall–Kier alpha value is -3.71. The van der Waals surface area contributed by atoms with Crippen molar-refractivity contribution in [1.82, 2.24) is 15.2 Å². The average molecular weight is 444 g/mol. The normalized spacial score (nSPS) is 13.6. The highest BCUT2D eigenvalue weighted by molar-refractivity contribution is 5.96. The van der Waals surface area contributed by atoms with E-state index in [9.17, 15) is 9.59 Å². The van der Waals surface area contributed by atoms with E-state index in [0.717, 1.165) is 43.1 Å². The molecule has 0 bridgehead atoms. The van der Waals surface area contributed by atoms with Crippen LogP contribution in [0.25, 0.3) is 0 Å². The van der Waals surface area contributed by atoms with Gasteiger partial charge in [-0.3, -0.25) is 14.6 Å². The first-order valence-corrected chi connectivity index (χ1v) is 11.3. The molecule has 0 unspecified atom stereocenters. The maximum atomic E-state index is 12.8. The fourth-order valence-electron chi connectivity index (χ4n) is 4.14. The zero-order valence-electron chi connectivity index (χ0n) is 18.6. The van der Waals surface area contributed by atoms with Gasteiger partial charge in [-0.25, -0.2) is 0 Å². The minimum absolute atomic E-state index is 0.0983. The summed E-state index contributed by atoms with van der Waals surface area (Å²) in [6.07, 6.45) is 6.90. The number of rotatable bonds is 9. The van der Waals surface area contributed by atoms with Crippen LogP contribution in [-0.4, -0.2) is 47.9 Å². The first-order chi connectivity index (χ1) is 16.1. The summed E-state index contributed by atoms with van der Waals surface area (Å²) >= 11 is 0. The Morgan fingerprint density at radius 1 is 0.909 bits per heavy atom. The van der Waals surface area contributed by atoms with Crippen molar-refractivity contribution >= 4 is 28.9 Å². The Kier molecular flexibility index (Phi) is 7.32. The van der Waals surface area contributed by atoms with Gasteiger partial charge in [-0.2, -0.15) is 0 Å². The lowest BCUT2D eigenvalue weighted by Gasteiger charge is -2.26. The SMILES string of the molecule is NC(=O)c1cccc(N(c2ccncc2)c2cccc(C(=O)NCCCN3CCCC3)c2)c1. The summed E-state index contributed by atoms with van der Waals surface area (Å²) in [5.41, 5.74) is 8.92. The number of pyridine rings is 1. The van der Waals surface area contributed by atoms with Gasteiger partial charge in [-0.05, 0) is 87.4 Å². The van der Waals surface area contributed by atoms with Crippen LogP contribution < -0.4 is 16.0 Å². The number of benzene rings is 2. The fraction of sp³-hybridized carbons (Fsp3) is 0.269. The molecular formula is C26H29N5O2. The second-order valence-electron chi connectivity index (χ2n) is 8.16. The van der Waals surface area contributed by atoms with Crippen LogP contribution in [0.1, 0.15) is 40.0 Å². The Labute approximate surface area is 194 Å². The third kappa shape index (κ3) is 5.75. The second kappa shape index (κ2) is 10.7. The zero-order valence-corrected chi connectivity index (χ0v) is 18.6. The topological polar surface area (TPSA) is 91.6 Å². The van der Waals surface area contributed by atoms with Gasteiger partial charge in [0.2, 0.25) is 5.91 Å². The fourth-order valence-corrected chi connectivity index (χ4v) is 4.14. The van der Waals surface area contributed by atoms with Gasteiger partial charge in [0.25, 0.3) is 5.91 Å². The zero-order chi connectivity index (χ0) is 23.0. The molecule has 2 aromatic carbocycles. The molecule has 0 aliphatic carbocycles. The summed E-state index contributed by atoms with van der Waals surface area (Å²) in [5, 5.41) is 3.04. The molecule has 0 radical (unpaired) electrons. The number of nitrogens with two attached hydrogens (primary N) is 1. The standard InChI is InChI=1S/C26H29N5O2/c27-25(32)20-6-3-8-23(18-20)31(22-10-13-28-14-11-22)24-9-4-7-21(19-24)26(33)29-12-5-17-30-15-1-2-16-30/h3-4,6-11,13-14,18-19H,1-2,5,12,15-17H2,(H2,27,32)(H,29,33). The molecule has 1 fully saturated rings. The maximum absolute atomic E-state index is 12.8. The molecule has 1 aliphatic heterocycles. The molecule has 1 aliphatic rings. The molecule has 7 nitrogen and oxygen atoms in total. The van der Waals surface area contributed by atoms with Crippen molar-refractivity contribution < 1.29 is 9.59 Å². The summed E-state index contributed by atoms with van der Waals surface area (Å²) in [6.45, 7) is 4.00. The molecule has 3 N–H and O–H groups in total. The molecule has 4 rings (SSSR count). The molecule has 0 saturated carbocycles. The lowest BCUT2D eigenvalue weighted by atomic mass is 10.1. The number of carbonyl (C=O) groups excluding carboxylic acids is 2. The average Bonchev–Trinajstić information content (AvgIpc) is 3.37.